The SMILES string of the molecule is CN(C)CCN(Cc1cccs1)C(=O)NC1CCN(C)C1=O. The standard InChI is InChI=1S/C15H24N4O2S/c1-17(2)8-9-19(11-12-5-4-10-22-12)15(21)16-13-6-7-18(3)14(13)20/h4-5,10,13H,6-9,11H2,1-3H3,(H,16,21). The van der Waals surface area contributed by atoms with Crippen molar-refractivity contribution in [2.75, 3.05) is 40.8 Å². The lowest BCUT2D eigenvalue weighted by molar-refractivity contribution is -0.128. The molecule has 1 saturated heterocycles. The van der Waals surface area contributed by atoms with Gasteiger partial charge in [-0.05, 0) is 32.0 Å². The summed E-state index contributed by atoms with van der Waals surface area (Å²) in [6, 6.07) is 3.46. The third-order valence-corrected chi connectivity index (χ3v) is 4.62. The van der Waals surface area contributed by atoms with Gasteiger partial charge in [0.2, 0.25) is 5.91 Å². The fourth-order valence-corrected chi connectivity index (χ4v) is 3.08. The third-order valence-electron chi connectivity index (χ3n) is 3.76. The average molecular weight is 324 g/mol. The molecule has 0 spiro atoms. The Balaban J connectivity index is 1.97. The highest BCUT2D eigenvalue weighted by molar-refractivity contribution is 7.09. The molecule has 122 valence electrons. The lowest BCUT2D eigenvalue weighted by atomic mass is 10.2. The molecule has 0 saturated carbocycles. The highest BCUT2D eigenvalue weighted by Crippen LogP contribution is 2.13. The second-order valence-corrected chi connectivity index (χ2v) is 6.89. The monoisotopic (exact) mass is 324 g/mol. The maximum atomic E-state index is 12.5. The molecule has 1 aliphatic heterocycles. The van der Waals surface area contributed by atoms with E-state index in [1.165, 1.54) is 0 Å². The number of rotatable bonds is 6. The number of hydrogen-bond donors (Lipinski definition) is 1. The second kappa shape index (κ2) is 7.60. The van der Waals surface area contributed by atoms with Gasteiger partial charge in [-0.3, -0.25) is 4.79 Å². The minimum atomic E-state index is -0.386. The molecule has 0 aromatic carbocycles. The van der Waals surface area contributed by atoms with Crippen molar-refractivity contribution in [3.63, 3.8) is 0 Å². The van der Waals surface area contributed by atoms with Gasteiger partial charge >= 0.3 is 6.03 Å². The number of nitrogens with one attached hydrogen (secondary N) is 1. The maximum Gasteiger partial charge on any atom is 0.318 e. The first kappa shape index (κ1) is 16.8. The summed E-state index contributed by atoms with van der Waals surface area (Å²) in [5.74, 6) is -0.00275. The molecule has 2 rings (SSSR count). The summed E-state index contributed by atoms with van der Waals surface area (Å²) >= 11 is 1.64. The largest absolute Gasteiger partial charge is 0.344 e. The van der Waals surface area contributed by atoms with Gasteiger partial charge in [0.05, 0.1) is 6.54 Å². The van der Waals surface area contributed by atoms with E-state index >= 15 is 0 Å². The van der Waals surface area contributed by atoms with Crippen LogP contribution in [0.3, 0.4) is 0 Å². The van der Waals surface area contributed by atoms with Gasteiger partial charge in [-0.1, -0.05) is 6.07 Å². The summed E-state index contributed by atoms with van der Waals surface area (Å²) in [7, 11) is 5.73. The molecule has 22 heavy (non-hydrogen) atoms. The summed E-state index contributed by atoms with van der Waals surface area (Å²) < 4.78 is 0. The quantitative estimate of drug-likeness (QED) is 0.851. The maximum absolute atomic E-state index is 12.5. The van der Waals surface area contributed by atoms with Crippen molar-refractivity contribution in [3.05, 3.63) is 22.4 Å². The van der Waals surface area contributed by atoms with Crippen molar-refractivity contribution < 1.29 is 9.59 Å². The van der Waals surface area contributed by atoms with Crippen LogP contribution in [0.1, 0.15) is 11.3 Å². The molecule has 1 aromatic heterocycles. The number of thiophene rings is 1. The topological polar surface area (TPSA) is 55.9 Å². The van der Waals surface area contributed by atoms with E-state index in [-0.39, 0.29) is 18.0 Å². The Bertz CT molecular complexity index is 504. The molecule has 0 aliphatic carbocycles. The fraction of sp³-hybridized carbons (Fsp3) is 0.600. The van der Waals surface area contributed by atoms with Gasteiger partial charge in [0.25, 0.3) is 0 Å². The van der Waals surface area contributed by atoms with E-state index in [4.69, 9.17) is 0 Å². The minimum absolute atomic E-state index is 0.00275. The third kappa shape index (κ3) is 4.45. The summed E-state index contributed by atoms with van der Waals surface area (Å²) in [6.07, 6.45) is 0.682. The van der Waals surface area contributed by atoms with E-state index in [2.05, 4.69) is 5.32 Å². The molecule has 3 amide bonds. The van der Waals surface area contributed by atoms with Gasteiger partial charge in [0.15, 0.2) is 0 Å². The van der Waals surface area contributed by atoms with Crippen LogP contribution in [0.15, 0.2) is 17.5 Å². The van der Waals surface area contributed by atoms with Crippen LogP contribution in [0.5, 0.6) is 0 Å². The van der Waals surface area contributed by atoms with Crippen molar-refractivity contribution in [1.82, 2.24) is 20.0 Å². The van der Waals surface area contributed by atoms with Crippen LogP contribution in [0, 0.1) is 0 Å². The summed E-state index contributed by atoms with van der Waals surface area (Å²) in [5.41, 5.74) is 0. The normalized spacial score (nSPS) is 18.1. The first-order chi connectivity index (χ1) is 10.5. The molecule has 7 heteroatoms. The number of carbonyl (C=O) groups is 2. The Hall–Kier alpha value is -1.60. The number of hydrogen-bond acceptors (Lipinski definition) is 4. The summed E-state index contributed by atoms with van der Waals surface area (Å²) in [5, 5.41) is 4.88. The first-order valence-electron chi connectivity index (χ1n) is 7.45. The predicted octanol–water partition coefficient (Wildman–Crippen LogP) is 1.05. The fourth-order valence-electron chi connectivity index (χ4n) is 2.36. The van der Waals surface area contributed by atoms with Crippen LogP contribution in [-0.2, 0) is 11.3 Å². The highest BCUT2D eigenvalue weighted by atomic mass is 32.1. The van der Waals surface area contributed by atoms with E-state index in [9.17, 15) is 9.59 Å². The smallest absolute Gasteiger partial charge is 0.318 e. The van der Waals surface area contributed by atoms with E-state index in [0.717, 1.165) is 11.4 Å². The van der Waals surface area contributed by atoms with E-state index in [0.29, 0.717) is 26.1 Å². The second-order valence-electron chi connectivity index (χ2n) is 5.85. The molecular formula is C15H24N4O2S. The predicted molar refractivity (Wildman–Crippen MR) is 87.9 cm³/mol. The van der Waals surface area contributed by atoms with Gasteiger partial charge in [-0.15, -0.1) is 11.3 Å². The van der Waals surface area contributed by atoms with Gasteiger partial charge < -0.3 is 20.0 Å². The molecule has 0 radical (unpaired) electrons. The van der Waals surface area contributed by atoms with E-state index in [1.807, 2.05) is 36.5 Å². The minimum Gasteiger partial charge on any atom is -0.344 e. The first-order valence-corrected chi connectivity index (χ1v) is 8.33. The van der Waals surface area contributed by atoms with Crippen molar-refractivity contribution >= 4 is 23.3 Å². The molecule has 1 atom stereocenters. The Morgan fingerprint density at radius 3 is 2.77 bits per heavy atom. The van der Waals surface area contributed by atoms with Crippen molar-refractivity contribution in [1.29, 1.82) is 0 Å². The zero-order valence-corrected chi connectivity index (χ0v) is 14.2. The van der Waals surface area contributed by atoms with Crippen LogP contribution < -0.4 is 5.32 Å². The number of likely N-dealkylation sites (tertiary alicyclic amines) is 1. The molecule has 1 unspecified atom stereocenters. The number of carbonyl (C=O) groups excluding carboxylic acids is 2. The lowest BCUT2D eigenvalue weighted by Crippen LogP contribution is -2.48. The highest BCUT2D eigenvalue weighted by Gasteiger charge is 2.31. The Labute approximate surface area is 135 Å². The van der Waals surface area contributed by atoms with Gasteiger partial charge in [-0.2, -0.15) is 0 Å². The molecule has 1 fully saturated rings. The van der Waals surface area contributed by atoms with Crippen LogP contribution in [-0.4, -0.2) is 73.5 Å². The van der Waals surface area contributed by atoms with Crippen LogP contribution >= 0.6 is 11.3 Å². The summed E-state index contributed by atoms with van der Waals surface area (Å²) in [4.78, 5) is 31.1. The number of nitrogens with zero attached hydrogens (tertiary/aromatic N) is 3. The number of likely N-dealkylation sites (N-methyl/N-ethyl adjacent to an activating group) is 2. The van der Waals surface area contributed by atoms with Gasteiger partial charge in [0, 0.05) is 31.6 Å². The molecule has 1 aliphatic rings. The Morgan fingerprint density at radius 2 is 2.23 bits per heavy atom. The zero-order valence-electron chi connectivity index (χ0n) is 13.4. The summed E-state index contributed by atoms with van der Waals surface area (Å²) in [6.45, 7) is 2.70. The lowest BCUT2D eigenvalue weighted by Gasteiger charge is -2.25. The van der Waals surface area contributed by atoms with E-state index in [1.54, 1.807) is 28.2 Å². The van der Waals surface area contributed by atoms with Crippen LogP contribution in [0.4, 0.5) is 4.79 Å². The molecule has 1 N–H and O–H groups in total. The molecule has 6 nitrogen and oxygen atoms in total. The van der Waals surface area contributed by atoms with Crippen molar-refractivity contribution in [2.24, 2.45) is 0 Å². The Kier molecular flexibility index (Phi) is 5.79. The Morgan fingerprint density at radius 1 is 1.45 bits per heavy atom. The van der Waals surface area contributed by atoms with Crippen LogP contribution in [0.25, 0.3) is 0 Å². The molecule has 2 heterocycles. The number of urea groups is 1. The van der Waals surface area contributed by atoms with Crippen molar-refractivity contribution in [3.8, 4) is 0 Å². The average Bonchev–Trinajstić information content (AvgIpc) is 3.08. The molecular weight excluding hydrogens is 300 g/mol. The van der Waals surface area contributed by atoms with Crippen LogP contribution in [0.2, 0.25) is 0 Å². The zero-order chi connectivity index (χ0) is 16.1. The molecule has 0 bridgehead atoms. The van der Waals surface area contributed by atoms with Gasteiger partial charge in [-0.25, -0.2) is 4.79 Å². The molecule has 1 aromatic rings. The van der Waals surface area contributed by atoms with E-state index < -0.39 is 0 Å². The van der Waals surface area contributed by atoms with Crippen molar-refractivity contribution in [2.45, 2.75) is 19.0 Å². The number of amides is 3. The van der Waals surface area contributed by atoms with Gasteiger partial charge in [0.1, 0.15) is 6.04 Å².